The quantitative estimate of drug-likeness (QED) is 0.254. The Bertz CT molecular complexity index is 1740. The Morgan fingerprint density at radius 3 is 1.42 bits per heavy atom. The summed E-state index contributed by atoms with van der Waals surface area (Å²) in [6, 6.07) is 5.68. The highest BCUT2D eigenvalue weighted by Gasteiger charge is 2.38. The number of H-pyrrole nitrogens is 2. The second kappa shape index (κ2) is 17.0. The van der Waals surface area contributed by atoms with E-state index in [1.165, 1.54) is 14.2 Å². The summed E-state index contributed by atoms with van der Waals surface area (Å²) < 4.78 is 9.44. The minimum absolute atomic E-state index is 0.115. The number of rotatable bonds is 8. The van der Waals surface area contributed by atoms with Crippen LogP contribution in [0.5, 0.6) is 0 Å². The van der Waals surface area contributed by atoms with E-state index in [1.807, 2.05) is 52.0 Å². The third-order valence-corrected chi connectivity index (χ3v) is 9.24. The van der Waals surface area contributed by atoms with Crippen LogP contribution in [0, 0.1) is 35.5 Å². The SMILES string of the molecule is COC(=O)NC(C(=O)N1CCCC1c1ncc(C#Cc2ccc(C#Cc3cnc(C4CCCN4C(=O)C(NC(=O)OC)C(C)C)[nH]3)cc2)[nH]1)C(C)C. The number of aromatic nitrogens is 4. The van der Waals surface area contributed by atoms with Crippen molar-refractivity contribution in [2.75, 3.05) is 27.3 Å². The molecule has 5 rings (SSSR count). The highest BCUT2D eigenvalue weighted by molar-refractivity contribution is 5.87. The van der Waals surface area contributed by atoms with E-state index >= 15 is 0 Å². The van der Waals surface area contributed by atoms with Gasteiger partial charge in [-0.2, -0.15) is 0 Å². The molecule has 14 heteroatoms. The van der Waals surface area contributed by atoms with E-state index < -0.39 is 24.3 Å². The fraction of sp³-hybridized carbons (Fsp3) is 0.474. The molecule has 0 spiro atoms. The number of benzene rings is 1. The van der Waals surface area contributed by atoms with Gasteiger partial charge in [-0.3, -0.25) is 9.59 Å². The first-order chi connectivity index (χ1) is 25.0. The minimum atomic E-state index is -0.700. The Kier molecular flexibility index (Phi) is 12.2. The third kappa shape index (κ3) is 8.93. The molecule has 2 aromatic heterocycles. The molecule has 0 aliphatic carbocycles. The molecule has 52 heavy (non-hydrogen) atoms. The number of aromatic amines is 2. The molecule has 4 atom stereocenters. The van der Waals surface area contributed by atoms with Crippen LogP contribution in [-0.2, 0) is 19.1 Å². The first kappa shape index (κ1) is 37.5. The zero-order valence-electron chi connectivity index (χ0n) is 30.4. The van der Waals surface area contributed by atoms with Crippen molar-refractivity contribution in [3.05, 3.63) is 70.8 Å². The van der Waals surface area contributed by atoms with Gasteiger partial charge in [-0.15, -0.1) is 0 Å². The van der Waals surface area contributed by atoms with Gasteiger partial charge in [0, 0.05) is 24.2 Å². The Balaban J connectivity index is 1.20. The van der Waals surface area contributed by atoms with Crippen molar-refractivity contribution in [2.45, 2.75) is 77.5 Å². The number of carbonyl (C=O) groups is 4. The van der Waals surface area contributed by atoms with Crippen molar-refractivity contribution < 1.29 is 28.7 Å². The van der Waals surface area contributed by atoms with Crippen LogP contribution < -0.4 is 10.6 Å². The number of carbonyl (C=O) groups excluding carboxylic acids is 4. The monoisotopic (exact) mass is 710 g/mol. The van der Waals surface area contributed by atoms with Crippen LogP contribution in [0.15, 0.2) is 36.7 Å². The van der Waals surface area contributed by atoms with Gasteiger partial charge in [-0.25, -0.2) is 19.6 Å². The van der Waals surface area contributed by atoms with Crippen LogP contribution in [0.1, 0.15) is 99.6 Å². The van der Waals surface area contributed by atoms with Crippen molar-refractivity contribution in [3.63, 3.8) is 0 Å². The molecule has 0 radical (unpaired) electrons. The van der Waals surface area contributed by atoms with Crippen molar-refractivity contribution in [1.82, 2.24) is 40.4 Å². The summed E-state index contributed by atoms with van der Waals surface area (Å²) in [5, 5.41) is 5.33. The van der Waals surface area contributed by atoms with Crippen molar-refractivity contribution in [1.29, 1.82) is 0 Å². The molecule has 2 saturated heterocycles. The molecular weight excluding hydrogens is 664 g/mol. The molecule has 0 saturated carbocycles. The molecule has 274 valence electrons. The van der Waals surface area contributed by atoms with E-state index in [0.29, 0.717) is 36.1 Å². The van der Waals surface area contributed by atoms with Crippen LogP contribution >= 0.6 is 0 Å². The van der Waals surface area contributed by atoms with E-state index in [1.54, 1.807) is 22.2 Å². The lowest BCUT2D eigenvalue weighted by atomic mass is 10.0. The maximum absolute atomic E-state index is 13.4. The summed E-state index contributed by atoms with van der Waals surface area (Å²) in [7, 11) is 2.55. The van der Waals surface area contributed by atoms with Crippen molar-refractivity contribution in [2.24, 2.45) is 11.8 Å². The molecule has 4 amide bonds. The number of nitrogens with zero attached hydrogens (tertiary/aromatic N) is 4. The predicted molar refractivity (Wildman–Crippen MR) is 191 cm³/mol. The minimum Gasteiger partial charge on any atom is -0.453 e. The van der Waals surface area contributed by atoms with Gasteiger partial charge in [0.25, 0.3) is 0 Å². The highest BCUT2D eigenvalue weighted by Crippen LogP contribution is 2.32. The van der Waals surface area contributed by atoms with Crippen LogP contribution in [0.25, 0.3) is 0 Å². The summed E-state index contributed by atoms with van der Waals surface area (Å²) in [4.78, 5) is 69.6. The van der Waals surface area contributed by atoms with Gasteiger partial charge in [0.2, 0.25) is 11.8 Å². The van der Waals surface area contributed by atoms with Gasteiger partial charge >= 0.3 is 12.2 Å². The van der Waals surface area contributed by atoms with Gasteiger partial charge in [0.1, 0.15) is 35.1 Å². The number of alkyl carbamates (subject to hydrolysis) is 2. The normalized spacial score (nSPS) is 17.8. The number of imidazole rings is 2. The summed E-state index contributed by atoms with van der Waals surface area (Å²) >= 11 is 0. The maximum atomic E-state index is 13.4. The van der Waals surface area contributed by atoms with Gasteiger partial charge in [0.15, 0.2) is 0 Å². The van der Waals surface area contributed by atoms with Crippen molar-refractivity contribution >= 4 is 24.0 Å². The molecule has 1 aromatic carbocycles. The average Bonchev–Trinajstić information content (AvgIpc) is 3.97. The van der Waals surface area contributed by atoms with Gasteiger partial charge in [0.05, 0.1) is 38.7 Å². The second-order valence-electron chi connectivity index (χ2n) is 13.5. The lowest BCUT2D eigenvalue weighted by Gasteiger charge is -2.29. The first-order valence-electron chi connectivity index (χ1n) is 17.5. The standard InChI is InChI=1S/C38H46N8O6/c1-23(2)31(43-37(49)51-5)35(47)45-19-7-9-29(45)33-39-21-27(41-33)17-15-25-11-13-26(14-12-25)16-18-28-22-40-34(42-28)30-10-8-20-46(30)36(48)32(24(3)4)44-38(50)52-6/h11-14,21-24,29-32H,7-10,19-20H2,1-6H3,(H,39,41)(H,40,42)(H,43,49)(H,44,50). The number of methoxy groups -OCH3 is 2. The van der Waals surface area contributed by atoms with E-state index in [2.05, 4.69) is 54.3 Å². The molecule has 0 bridgehead atoms. The van der Waals surface area contributed by atoms with E-state index in [9.17, 15) is 19.2 Å². The van der Waals surface area contributed by atoms with E-state index in [-0.39, 0.29) is 35.7 Å². The molecule has 2 fully saturated rings. The lowest BCUT2D eigenvalue weighted by Crippen LogP contribution is -2.51. The topological polar surface area (TPSA) is 175 Å². The fourth-order valence-corrected chi connectivity index (χ4v) is 6.44. The average molecular weight is 711 g/mol. The Morgan fingerprint density at radius 1 is 0.692 bits per heavy atom. The lowest BCUT2D eigenvalue weighted by molar-refractivity contribution is -0.136. The zero-order valence-corrected chi connectivity index (χ0v) is 30.4. The smallest absolute Gasteiger partial charge is 0.407 e. The number of hydrogen-bond donors (Lipinski definition) is 4. The summed E-state index contributed by atoms with van der Waals surface area (Å²) in [5.41, 5.74) is 2.85. The Hall–Kier alpha value is -5.76. The van der Waals surface area contributed by atoms with Gasteiger partial charge in [-0.05, 0) is 73.6 Å². The van der Waals surface area contributed by atoms with E-state index in [0.717, 1.165) is 36.8 Å². The molecule has 2 aliphatic rings. The fourth-order valence-electron chi connectivity index (χ4n) is 6.44. The molecule has 4 heterocycles. The van der Waals surface area contributed by atoms with Gasteiger partial charge < -0.3 is 39.9 Å². The Labute approximate surface area is 303 Å². The largest absolute Gasteiger partial charge is 0.453 e. The second-order valence-corrected chi connectivity index (χ2v) is 13.5. The van der Waals surface area contributed by atoms with Crippen LogP contribution in [-0.4, -0.2) is 93.1 Å². The molecule has 4 N–H and O–H groups in total. The van der Waals surface area contributed by atoms with Gasteiger partial charge in [-0.1, -0.05) is 39.5 Å². The zero-order chi connectivity index (χ0) is 37.4. The predicted octanol–water partition coefficient (Wildman–Crippen LogP) is 4.02. The van der Waals surface area contributed by atoms with Crippen molar-refractivity contribution in [3.8, 4) is 23.7 Å². The van der Waals surface area contributed by atoms with Crippen LogP contribution in [0.3, 0.4) is 0 Å². The maximum Gasteiger partial charge on any atom is 0.407 e. The summed E-state index contributed by atoms with van der Waals surface area (Å²) in [6.45, 7) is 8.68. The molecule has 4 unspecified atom stereocenters. The van der Waals surface area contributed by atoms with Crippen LogP contribution in [0.4, 0.5) is 9.59 Å². The molecule has 2 aliphatic heterocycles. The molecule has 14 nitrogen and oxygen atoms in total. The Morgan fingerprint density at radius 2 is 1.08 bits per heavy atom. The number of hydrogen-bond acceptors (Lipinski definition) is 8. The number of amides is 4. The third-order valence-electron chi connectivity index (χ3n) is 9.24. The number of ether oxygens (including phenoxy) is 2. The first-order valence-corrected chi connectivity index (χ1v) is 17.5. The number of likely N-dealkylation sites (tertiary alicyclic amines) is 2. The molecule has 3 aromatic rings. The molecular formula is C38H46N8O6. The summed E-state index contributed by atoms with van der Waals surface area (Å²) in [5.74, 6) is 13.3. The van der Waals surface area contributed by atoms with Crippen LogP contribution in [0.2, 0.25) is 0 Å². The number of nitrogens with one attached hydrogen (secondary N) is 4. The van der Waals surface area contributed by atoms with E-state index in [4.69, 9.17) is 9.47 Å². The summed E-state index contributed by atoms with van der Waals surface area (Å²) in [6.07, 6.45) is 5.22. The highest BCUT2D eigenvalue weighted by atomic mass is 16.5.